The van der Waals surface area contributed by atoms with Crippen LogP contribution in [-0.4, -0.2) is 20.6 Å². The minimum absolute atomic E-state index is 0.171. The second-order valence-corrected chi connectivity index (χ2v) is 6.42. The van der Waals surface area contributed by atoms with Crippen molar-refractivity contribution in [1.29, 1.82) is 0 Å². The molecule has 0 amide bonds. The van der Waals surface area contributed by atoms with Crippen molar-refractivity contribution >= 4 is 23.3 Å². The van der Waals surface area contributed by atoms with Gasteiger partial charge in [0.05, 0.1) is 17.7 Å². The third kappa shape index (κ3) is 2.56. The lowest BCUT2D eigenvalue weighted by Gasteiger charge is -2.29. The van der Waals surface area contributed by atoms with E-state index >= 15 is 0 Å². The summed E-state index contributed by atoms with van der Waals surface area (Å²) in [6.07, 6.45) is 0.969. The zero-order valence-corrected chi connectivity index (χ0v) is 13.8. The molecule has 0 fully saturated rings. The van der Waals surface area contributed by atoms with Gasteiger partial charge in [-0.05, 0) is 41.9 Å². The summed E-state index contributed by atoms with van der Waals surface area (Å²) in [7, 11) is 0. The summed E-state index contributed by atoms with van der Waals surface area (Å²) in [5.74, 6) is 0. The molecule has 6 heteroatoms. The van der Waals surface area contributed by atoms with E-state index in [-0.39, 0.29) is 4.77 Å². The number of alkyl halides is 2. The Morgan fingerprint density at radius 3 is 2.38 bits per heavy atom. The summed E-state index contributed by atoms with van der Waals surface area (Å²) >= 11 is 5.33. The summed E-state index contributed by atoms with van der Waals surface area (Å²) in [6, 6.07) is 15.5. The molecule has 24 heavy (non-hydrogen) atoms. The summed E-state index contributed by atoms with van der Waals surface area (Å²) in [4.78, 5) is 2.25. The first-order chi connectivity index (χ1) is 11.6. The Balaban J connectivity index is 1.71. The van der Waals surface area contributed by atoms with E-state index in [9.17, 15) is 8.78 Å². The highest BCUT2D eigenvalue weighted by Crippen LogP contribution is 2.25. The summed E-state index contributed by atoms with van der Waals surface area (Å²) in [6.45, 7) is -0.405. The van der Waals surface area contributed by atoms with Gasteiger partial charge in [0.25, 0.3) is 0 Å². The van der Waals surface area contributed by atoms with Gasteiger partial charge in [-0.25, -0.2) is 0 Å². The molecule has 0 aliphatic carbocycles. The quantitative estimate of drug-likeness (QED) is 0.645. The third-order valence-corrected chi connectivity index (χ3v) is 5.03. The standard InChI is InChI=1S/C18H17F2N3S/c19-17(20)23-16-8-4-3-7-15(16)22(18(23)24)12-21-10-9-13-5-1-2-6-14(13)11-21/h1-8,17H,9-12H2. The van der Waals surface area contributed by atoms with Gasteiger partial charge in [0.1, 0.15) is 0 Å². The van der Waals surface area contributed by atoms with Gasteiger partial charge in [-0.1, -0.05) is 36.4 Å². The maximum atomic E-state index is 13.4. The molecule has 0 saturated carbocycles. The Hall–Kier alpha value is -2.05. The van der Waals surface area contributed by atoms with E-state index in [4.69, 9.17) is 12.2 Å². The topological polar surface area (TPSA) is 13.1 Å². The second kappa shape index (κ2) is 6.11. The van der Waals surface area contributed by atoms with Crippen LogP contribution >= 0.6 is 12.2 Å². The molecule has 3 aromatic rings. The molecular weight excluding hydrogens is 328 g/mol. The van der Waals surface area contributed by atoms with Crippen molar-refractivity contribution < 1.29 is 8.78 Å². The van der Waals surface area contributed by atoms with Gasteiger partial charge in [-0.2, -0.15) is 8.78 Å². The molecule has 124 valence electrons. The Labute approximate surface area is 143 Å². The Kier molecular flexibility index (Phi) is 3.94. The fraction of sp³-hybridized carbons (Fsp3) is 0.278. The predicted octanol–water partition coefficient (Wildman–Crippen LogP) is 4.58. The van der Waals surface area contributed by atoms with Gasteiger partial charge in [0.2, 0.25) is 0 Å². The van der Waals surface area contributed by atoms with Crippen molar-refractivity contribution in [3.8, 4) is 0 Å². The number of hydrogen-bond acceptors (Lipinski definition) is 2. The van der Waals surface area contributed by atoms with Crippen molar-refractivity contribution in [1.82, 2.24) is 14.0 Å². The first-order valence-electron chi connectivity index (χ1n) is 7.92. The summed E-state index contributed by atoms with van der Waals surface area (Å²) < 4.78 is 29.7. The number of imidazole rings is 1. The Morgan fingerprint density at radius 1 is 0.958 bits per heavy atom. The van der Waals surface area contributed by atoms with Gasteiger partial charge in [-0.3, -0.25) is 9.47 Å². The molecule has 0 radical (unpaired) electrons. The maximum absolute atomic E-state index is 13.4. The van der Waals surface area contributed by atoms with Crippen LogP contribution in [0.5, 0.6) is 0 Å². The number of nitrogens with zero attached hydrogens (tertiary/aromatic N) is 3. The van der Waals surface area contributed by atoms with Gasteiger partial charge in [-0.15, -0.1) is 0 Å². The van der Waals surface area contributed by atoms with Gasteiger partial charge >= 0.3 is 6.55 Å². The lowest BCUT2D eigenvalue weighted by atomic mass is 10.0. The molecule has 0 spiro atoms. The Morgan fingerprint density at radius 2 is 1.62 bits per heavy atom. The molecule has 1 aliphatic rings. The highest BCUT2D eigenvalue weighted by atomic mass is 32.1. The molecule has 2 heterocycles. The van der Waals surface area contributed by atoms with E-state index in [1.54, 1.807) is 12.1 Å². The van der Waals surface area contributed by atoms with Gasteiger partial charge < -0.3 is 4.57 Å². The molecule has 2 aromatic carbocycles. The van der Waals surface area contributed by atoms with Crippen molar-refractivity contribution in [3.63, 3.8) is 0 Å². The van der Waals surface area contributed by atoms with E-state index in [2.05, 4.69) is 23.1 Å². The molecule has 1 aliphatic heterocycles. The molecule has 4 rings (SSSR count). The molecule has 0 atom stereocenters. The normalized spacial score (nSPS) is 15.1. The fourth-order valence-corrected chi connectivity index (χ4v) is 3.77. The number of halogens is 2. The molecule has 0 unspecified atom stereocenters. The molecule has 0 N–H and O–H groups in total. The molecule has 0 bridgehead atoms. The molecular formula is C18H17F2N3S. The monoisotopic (exact) mass is 345 g/mol. The first-order valence-corrected chi connectivity index (χ1v) is 8.33. The first kappa shape index (κ1) is 15.5. The van der Waals surface area contributed by atoms with E-state index in [1.807, 2.05) is 22.8 Å². The second-order valence-electron chi connectivity index (χ2n) is 6.06. The number of para-hydroxylation sites is 2. The van der Waals surface area contributed by atoms with E-state index in [0.717, 1.165) is 29.6 Å². The number of hydrogen-bond donors (Lipinski definition) is 0. The van der Waals surface area contributed by atoms with E-state index in [1.165, 1.54) is 11.1 Å². The highest BCUT2D eigenvalue weighted by Gasteiger charge is 2.20. The SMILES string of the molecule is FC(F)n1c(=S)n(CN2CCc3ccccc3C2)c2ccccc21. The average molecular weight is 345 g/mol. The number of fused-ring (bicyclic) bond motifs is 2. The van der Waals surface area contributed by atoms with Gasteiger partial charge in [0.15, 0.2) is 4.77 Å². The van der Waals surface area contributed by atoms with Crippen LogP contribution in [0.15, 0.2) is 48.5 Å². The van der Waals surface area contributed by atoms with Crippen LogP contribution in [0.3, 0.4) is 0 Å². The van der Waals surface area contributed by atoms with Crippen LogP contribution in [0.4, 0.5) is 8.78 Å². The van der Waals surface area contributed by atoms with Crippen molar-refractivity contribution in [2.75, 3.05) is 6.54 Å². The summed E-state index contributed by atoms with van der Waals surface area (Å²) in [5, 5.41) is 0. The van der Waals surface area contributed by atoms with Gasteiger partial charge in [0, 0.05) is 13.1 Å². The largest absolute Gasteiger partial charge is 0.321 e. The van der Waals surface area contributed by atoms with Crippen molar-refractivity contribution in [2.24, 2.45) is 0 Å². The average Bonchev–Trinajstić information content (AvgIpc) is 2.87. The minimum Gasteiger partial charge on any atom is -0.303 e. The van der Waals surface area contributed by atoms with Crippen molar-refractivity contribution in [3.05, 3.63) is 64.4 Å². The van der Waals surface area contributed by atoms with Crippen LogP contribution in [0.2, 0.25) is 0 Å². The third-order valence-electron chi connectivity index (χ3n) is 4.62. The Bertz CT molecular complexity index is 945. The molecule has 3 nitrogen and oxygen atoms in total. The zero-order valence-electron chi connectivity index (χ0n) is 13.0. The lowest BCUT2D eigenvalue weighted by Crippen LogP contribution is -2.32. The lowest BCUT2D eigenvalue weighted by molar-refractivity contribution is 0.0714. The van der Waals surface area contributed by atoms with Crippen LogP contribution in [0.25, 0.3) is 11.0 Å². The fourth-order valence-electron chi connectivity index (χ4n) is 3.43. The minimum atomic E-state index is -2.63. The van der Waals surface area contributed by atoms with Crippen LogP contribution < -0.4 is 0 Å². The zero-order chi connectivity index (χ0) is 16.7. The van der Waals surface area contributed by atoms with Crippen LogP contribution in [0.1, 0.15) is 17.7 Å². The van der Waals surface area contributed by atoms with E-state index in [0.29, 0.717) is 12.2 Å². The maximum Gasteiger partial charge on any atom is 0.321 e. The molecule has 1 aromatic heterocycles. The molecule has 0 saturated heterocycles. The predicted molar refractivity (Wildman–Crippen MR) is 92.6 cm³/mol. The summed E-state index contributed by atoms with van der Waals surface area (Å²) in [5.41, 5.74) is 3.90. The number of aromatic nitrogens is 2. The van der Waals surface area contributed by atoms with E-state index < -0.39 is 6.55 Å². The number of rotatable bonds is 3. The van der Waals surface area contributed by atoms with Crippen LogP contribution in [0, 0.1) is 4.77 Å². The highest BCUT2D eigenvalue weighted by molar-refractivity contribution is 7.71. The van der Waals surface area contributed by atoms with Crippen LogP contribution in [-0.2, 0) is 19.6 Å². The smallest absolute Gasteiger partial charge is 0.303 e. The number of benzene rings is 2. The van der Waals surface area contributed by atoms with Crippen molar-refractivity contribution in [2.45, 2.75) is 26.2 Å².